The first-order valence-corrected chi connectivity index (χ1v) is 6.96. The number of likely N-dealkylation sites (N-methyl/N-ethyl adjacent to an activating group) is 1. The molecule has 1 heterocycles. The number of fused-ring (bicyclic) bond motifs is 1. The van der Waals surface area contributed by atoms with Crippen LogP contribution >= 0.6 is 0 Å². The summed E-state index contributed by atoms with van der Waals surface area (Å²) in [6.07, 6.45) is 0. The first-order chi connectivity index (χ1) is 10.6. The summed E-state index contributed by atoms with van der Waals surface area (Å²) >= 11 is 0. The van der Waals surface area contributed by atoms with E-state index in [1.807, 2.05) is 25.1 Å². The number of hydrogen-bond acceptors (Lipinski definition) is 3. The zero-order chi connectivity index (χ0) is 15.7. The molecule has 2 aromatic rings. The summed E-state index contributed by atoms with van der Waals surface area (Å²) in [5, 5.41) is 2.85. The summed E-state index contributed by atoms with van der Waals surface area (Å²) in [5.74, 6) is 0.342. The van der Waals surface area contributed by atoms with E-state index in [-0.39, 0.29) is 18.4 Å². The molecule has 0 atom stereocenters. The summed E-state index contributed by atoms with van der Waals surface area (Å²) < 4.78 is 5.37. The predicted molar refractivity (Wildman–Crippen MR) is 84.5 cm³/mol. The number of anilines is 2. The highest BCUT2D eigenvalue weighted by atomic mass is 16.5. The van der Waals surface area contributed by atoms with E-state index in [1.54, 1.807) is 31.3 Å². The number of ether oxygens (including phenoxy) is 1. The van der Waals surface area contributed by atoms with Crippen LogP contribution < -0.4 is 15.0 Å². The average Bonchev–Trinajstić information content (AvgIpc) is 2.52. The molecule has 5 heteroatoms. The fraction of sp³-hybridized carbons (Fsp3) is 0.176. The van der Waals surface area contributed by atoms with Crippen LogP contribution in [-0.4, -0.2) is 25.5 Å². The van der Waals surface area contributed by atoms with E-state index in [4.69, 9.17) is 4.74 Å². The molecule has 1 aliphatic rings. The third-order valence-electron chi connectivity index (χ3n) is 3.69. The summed E-state index contributed by atoms with van der Waals surface area (Å²) in [7, 11) is 1.69. The van der Waals surface area contributed by atoms with Crippen LogP contribution in [-0.2, 0) is 4.79 Å². The number of hydrogen-bond donors (Lipinski definition) is 1. The fourth-order valence-electron chi connectivity index (χ4n) is 2.38. The molecular weight excluding hydrogens is 280 g/mol. The maximum Gasteiger partial charge on any atom is 0.264 e. The third-order valence-corrected chi connectivity index (χ3v) is 3.69. The topological polar surface area (TPSA) is 58.6 Å². The van der Waals surface area contributed by atoms with Crippen molar-refractivity contribution in [3.8, 4) is 5.75 Å². The SMILES string of the molecule is Cc1ccccc1C(=O)Nc1ccc2c(c1)N(C)C(=O)CO2. The zero-order valence-electron chi connectivity index (χ0n) is 12.4. The molecule has 0 fully saturated rings. The highest BCUT2D eigenvalue weighted by molar-refractivity contribution is 6.06. The van der Waals surface area contributed by atoms with Crippen molar-refractivity contribution in [2.75, 3.05) is 23.9 Å². The normalized spacial score (nSPS) is 13.4. The highest BCUT2D eigenvalue weighted by Gasteiger charge is 2.22. The number of nitrogens with one attached hydrogen (secondary N) is 1. The molecule has 112 valence electrons. The van der Waals surface area contributed by atoms with Crippen LogP contribution in [0.15, 0.2) is 42.5 Å². The minimum Gasteiger partial charge on any atom is -0.482 e. The molecular formula is C17H16N2O3. The lowest BCUT2D eigenvalue weighted by molar-refractivity contribution is -0.120. The predicted octanol–water partition coefficient (Wildman–Crippen LogP) is 2.60. The van der Waals surface area contributed by atoms with Gasteiger partial charge in [0, 0.05) is 18.3 Å². The number of rotatable bonds is 2. The fourth-order valence-corrected chi connectivity index (χ4v) is 2.38. The monoisotopic (exact) mass is 296 g/mol. The Hall–Kier alpha value is -2.82. The van der Waals surface area contributed by atoms with Crippen LogP contribution in [0.2, 0.25) is 0 Å². The molecule has 0 saturated carbocycles. The van der Waals surface area contributed by atoms with Crippen LogP contribution in [0, 0.1) is 6.92 Å². The van der Waals surface area contributed by atoms with E-state index in [9.17, 15) is 9.59 Å². The van der Waals surface area contributed by atoms with Crippen LogP contribution in [0.4, 0.5) is 11.4 Å². The quantitative estimate of drug-likeness (QED) is 0.926. The molecule has 0 spiro atoms. The summed E-state index contributed by atoms with van der Waals surface area (Å²) in [6.45, 7) is 1.93. The van der Waals surface area contributed by atoms with E-state index in [0.29, 0.717) is 22.7 Å². The Bertz CT molecular complexity index is 755. The van der Waals surface area contributed by atoms with Gasteiger partial charge in [0.25, 0.3) is 11.8 Å². The standard InChI is InChI=1S/C17H16N2O3/c1-11-5-3-4-6-13(11)17(21)18-12-7-8-15-14(9-12)19(2)16(20)10-22-15/h3-9H,10H2,1-2H3,(H,18,21). The lowest BCUT2D eigenvalue weighted by Gasteiger charge is -2.26. The van der Waals surface area contributed by atoms with Gasteiger partial charge in [-0.3, -0.25) is 9.59 Å². The Balaban J connectivity index is 1.86. The minimum absolute atomic E-state index is 0.0401. The van der Waals surface area contributed by atoms with E-state index in [0.717, 1.165) is 5.56 Å². The second-order valence-corrected chi connectivity index (χ2v) is 5.19. The van der Waals surface area contributed by atoms with Gasteiger partial charge in [-0.1, -0.05) is 18.2 Å². The van der Waals surface area contributed by atoms with E-state index in [2.05, 4.69) is 5.32 Å². The van der Waals surface area contributed by atoms with E-state index >= 15 is 0 Å². The molecule has 1 aliphatic heterocycles. The minimum atomic E-state index is -0.177. The van der Waals surface area contributed by atoms with Gasteiger partial charge in [0.05, 0.1) is 5.69 Å². The van der Waals surface area contributed by atoms with Crippen LogP contribution in [0.1, 0.15) is 15.9 Å². The Morgan fingerprint density at radius 2 is 2.00 bits per heavy atom. The second kappa shape index (κ2) is 5.52. The number of benzene rings is 2. The largest absolute Gasteiger partial charge is 0.482 e. The molecule has 0 aliphatic carbocycles. The van der Waals surface area contributed by atoms with Gasteiger partial charge in [-0.25, -0.2) is 0 Å². The van der Waals surface area contributed by atoms with E-state index in [1.165, 1.54) is 4.90 Å². The molecule has 2 amide bonds. The second-order valence-electron chi connectivity index (χ2n) is 5.19. The molecule has 3 rings (SSSR count). The van der Waals surface area contributed by atoms with Crippen molar-refractivity contribution in [3.63, 3.8) is 0 Å². The Morgan fingerprint density at radius 3 is 2.77 bits per heavy atom. The van der Waals surface area contributed by atoms with Gasteiger partial charge >= 0.3 is 0 Å². The molecule has 22 heavy (non-hydrogen) atoms. The van der Waals surface area contributed by atoms with Gasteiger partial charge in [0.2, 0.25) is 0 Å². The first kappa shape index (κ1) is 14.1. The molecule has 0 saturated heterocycles. The van der Waals surface area contributed by atoms with Crippen LogP contribution in [0.5, 0.6) is 5.75 Å². The lowest BCUT2D eigenvalue weighted by Crippen LogP contribution is -2.35. The van der Waals surface area contributed by atoms with Crippen molar-refractivity contribution in [2.45, 2.75) is 6.92 Å². The summed E-state index contributed by atoms with van der Waals surface area (Å²) in [4.78, 5) is 25.5. The molecule has 0 radical (unpaired) electrons. The number of nitrogens with zero attached hydrogens (tertiary/aromatic N) is 1. The van der Waals surface area contributed by atoms with Crippen LogP contribution in [0.3, 0.4) is 0 Å². The maximum atomic E-state index is 12.3. The van der Waals surface area contributed by atoms with Crippen molar-refractivity contribution in [1.82, 2.24) is 0 Å². The van der Waals surface area contributed by atoms with Gasteiger partial charge in [-0.05, 0) is 36.8 Å². The van der Waals surface area contributed by atoms with Crippen molar-refractivity contribution in [2.24, 2.45) is 0 Å². The zero-order valence-corrected chi connectivity index (χ0v) is 12.4. The summed E-state index contributed by atoms with van der Waals surface area (Å²) in [5.41, 5.74) is 2.81. The smallest absolute Gasteiger partial charge is 0.264 e. The molecule has 2 aromatic carbocycles. The van der Waals surface area contributed by atoms with Gasteiger partial charge in [0.1, 0.15) is 5.75 Å². The first-order valence-electron chi connectivity index (χ1n) is 6.96. The van der Waals surface area contributed by atoms with Crippen molar-refractivity contribution in [1.29, 1.82) is 0 Å². The molecule has 5 nitrogen and oxygen atoms in total. The van der Waals surface area contributed by atoms with Gasteiger partial charge in [-0.15, -0.1) is 0 Å². The third kappa shape index (κ3) is 2.53. The number of carbonyl (C=O) groups is 2. The number of amides is 2. The maximum absolute atomic E-state index is 12.3. The Kier molecular flexibility index (Phi) is 3.55. The molecule has 0 unspecified atom stereocenters. The van der Waals surface area contributed by atoms with Gasteiger partial charge < -0.3 is 15.0 Å². The van der Waals surface area contributed by atoms with Crippen molar-refractivity contribution < 1.29 is 14.3 Å². The van der Waals surface area contributed by atoms with Gasteiger partial charge in [-0.2, -0.15) is 0 Å². The molecule has 0 bridgehead atoms. The van der Waals surface area contributed by atoms with Crippen molar-refractivity contribution >= 4 is 23.2 Å². The number of aryl methyl sites for hydroxylation is 1. The molecule has 1 N–H and O–H groups in total. The highest BCUT2D eigenvalue weighted by Crippen LogP contribution is 2.33. The average molecular weight is 296 g/mol. The van der Waals surface area contributed by atoms with E-state index < -0.39 is 0 Å². The van der Waals surface area contributed by atoms with Crippen molar-refractivity contribution in [3.05, 3.63) is 53.6 Å². The van der Waals surface area contributed by atoms with Gasteiger partial charge in [0.15, 0.2) is 6.61 Å². The Labute approximate surface area is 128 Å². The summed E-state index contributed by atoms with van der Waals surface area (Å²) in [6, 6.07) is 12.6. The van der Waals surface area contributed by atoms with Crippen LogP contribution in [0.25, 0.3) is 0 Å². The number of carbonyl (C=O) groups excluding carboxylic acids is 2. The molecule has 0 aromatic heterocycles. The Morgan fingerprint density at radius 1 is 1.23 bits per heavy atom. The lowest BCUT2D eigenvalue weighted by atomic mass is 10.1.